The molecule has 4 aliphatic carbocycles. The number of carbonyl (C=O) groups is 1. The van der Waals surface area contributed by atoms with Gasteiger partial charge in [0.1, 0.15) is 0 Å². The topological polar surface area (TPSA) is 88.1 Å². The number of esters is 1. The first-order valence-electron chi connectivity index (χ1n) is 8.43. The standard InChI is InChI=1S/C15H18F6O6S/c16-14(17,18)13(15(19,20)21,28-27-26-24)10(22)25-7-11-2-8-1-9(3-11)5-12(23,4-8)6-11/h8-9,23-24H,1-7H2/p-1. The van der Waals surface area contributed by atoms with Crippen molar-refractivity contribution in [3.8, 4) is 0 Å². The van der Waals surface area contributed by atoms with Crippen molar-refractivity contribution < 1.29 is 55.6 Å². The van der Waals surface area contributed by atoms with E-state index in [2.05, 4.69) is 14.1 Å². The second kappa shape index (κ2) is 6.89. The van der Waals surface area contributed by atoms with E-state index in [1.807, 2.05) is 0 Å². The summed E-state index contributed by atoms with van der Waals surface area (Å²) in [5.74, 6) is -2.46. The molecule has 0 amide bonds. The van der Waals surface area contributed by atoms with Crippen molar-refractivity contribution in [2.75, 3.05) is 6.61 Å². The largest absolute Gasteiger partial charge is 0.691 e. The van der Waals surface area contributed by atoms with Gasteiger partial charge in [-0.05, 0) is 50.4 Å². The van der Waals surface area contributed by atoms with E-state index in [4.69, 9.17) is 0 Å². The molecule has 4 bridgehead atoms. The first kappa shape index (κ1) is 21.9. The summed E-state index contributed by atoms with van der Waals surface area (Å²) >= 11 is -1.50. The number of rotatable bonds is 6. The number of aliphatic hydroxyl groups is 1. The maximum absolute atomic E-state index is 13.3. The Kier molecular flexibility index (Phi) is 5.40. The highest BCUT2D eigenvalue weighted by Crippen LogP contribution is 2.62. The van der Waals surface area contributed by atoms with Crippen molar-refractivity contribution in [2.45, 2.75) is 61.2 Å². The van der Waals surface area contributed by atoms with Crippen LogP contribution < -0.4 is 5.26 Å². The van der Waals surface area contributed by atoms with E-state index in [-0.39, 0.29) is 18.3 Å². The van der Waals surface area contributed by atoms with E-state index in [0.717, 1.165) is 6.42 Å². The van der Waals surface area contributed by atoms with Crippen molar-refractivity contribution in [3.63, 3.8) is 0 Å². The molecule has 0 spiro atoms. The predicted octanol–water partition coefficient (Wildman–Crippen LogP) is 2.60. The normalized spacial score (nSPS) is 35.3. The first-order valence-corrected chi connectivity index (χ1v) is 9.17. The molecule has 1 N–H and O–H groups in total. The third-order valence-corrected chi connectivity index (χ3v) is 6.94. The van der Waals surface area contributed by atoms with Gasteiger partial charge in [0.15, 0.2) is 0 Å². The molecule has 4 aliphatic rings. The van der Waals surface area contributed by atoms with Crippen LogP contribution in [0.1, 0.15) is 38.5 Å². The van der Waals surface area contributed by atoms with E-state index in [1.54, 1.807) is 0 Å². The van der Waals surface area contributed by atoms with E-state index in [0.29, 0.717) is 25.7 Å². The SMILES string of the molecule is O=C(OCC12CC3CC(CC(O)(C3)C1)C2)C(SOO[O-])(C(F)(F)F)C(F)(F)F. The van der Waals surface area contributed by atoms with Crippen LogP contribution in [0.25, 0.3) is 0 Å². The van der Waals surface area contributed by atoms with E-state index in [1.165, 1.54) is 0 Å². The van der Waals surface area contributed by atoms with Crippen LogP contribution >= 0.6 is 12.0 Å². The second-order valence-electron chi connectivity index (χ2n) is 8.16. The third kappa shape index (κ3) is 3.59. The molecule has 4 fully saturated rings. The van der Waals surface area contributed by atoms with Gasteiger partial charge in [0.05, 0.1) is 24.3 Å². The van der Waals surface area contributed by atoms with E-state index >= 15 is 0 Å². The summed E-state index contributed by atoms with van der Waals surface area (Å²) in [6.45, 7) is -0.687. The molecule has 13 heteroatoms. The molecule has 2 unspecified atom stereocenters. The molecular weight excluding hydrogens is 422 g/mol. The zero-order valence-corrected chi connectivity index (χ0v) is 15.1. The fourth-order valence-electron chi connectivity index (χ4n) is 5.48. The quantitative estimate of drug-likeness (QED) is 0.224. The van der Waals surface area contributed by atoms with Gasteiger partial charge in [-0.1, -0.05) is 0 Å². The molecular formula is C15H17F6O6S-. The zero-order chi connectivity index (χ0) is 21.0. The van der Waals surface area contributed by atoms with Gasteiger partial charge in [0.2, 0.25) is 0 Å². The number of ether oxygens (including phenoxy) is 1. The van der Waals surface area contributed by atoms with Gasteiger partial charge in [-0.3, -0.25) is 5.04 Å². The number of carbonyl (C=O) groups excluding carboxylic acids is 1. The number of hydrogen-bond donors (Lipinski definition) is 1. The summed E-state index contributed by atoms with van der Waals surface area (Å²) in [4.78, 5) is 12.1. The van der Waals surface area contributed by atoms with Crippen molar-refractivity contribution in [1.82, 2.24) is 0 Å². The predicted molar refractivity (Wildman–Crippen MR) is 77.6 cm³/mol. The summed E-state index contributed by atoms with van der Waals surface area (Å²) in [6.07, 6.45) is -9.40. The van der Waals surface area contributed by atoms with Gasteiger partial charge >= 0.3 is 23.1 Å². The summed E-state index contributed by atoms with van der Waals surface area (Å²) in [6, 6.07) is 0. The smallest absolute Gasteiger partial charge is 0.425 e. The molecule has 0 radical (unpaired) electrons. The first-order chi connectivity index (χ1) is 12.8. The molecule has 0 saturated heterocycles. The summed E-state index contributed by atoms with van der Waals surface area (Å²) < 4.78 is 82.3. The van der Waals surface area contributed by atoms with Gasteiger partial charge in [-0.2, -0.15) is 30.7 Å². The molecule has 4 saturated carbocycles. The Balaban J connectivity index is 1.81. The van der Waals surface area contributed by atoms with Crippen LogP contribution in [0.3, 0.4) is 0 Å². The molecule has 0 aromatic rings. The molecule has 0 aromatic heterocycles. The van der Waals surface area contributed by atoms with Crippen molar-refractivity contribution in [2.24, 2.45) is 17.3 Å². The summed E-state index contributed by atoms with van der Waals surface area (Å²) in [5.41, 5.74) is -1.89. The average Bonchev–Trinajstić information content (AvgIpc) is 2.48. The molecule has 4 rings (SSSR count). The third-order valence-electron chi connectivity index (χ3n) is 5.93. The van der Waals surface area contributed by atoms with Crippen LogP contribution in [0.2, 0.25) is 0 Å². The highest BCUT2D eigenvalue weighted by atomic mass is 32.2. The maximum Gasteiger partial charge on any atom is 0.425 e. The Bertz CT molecular complexity index is 595. The van der Waals surface area contributed by atoms with Gasteiger partial charge < -0.3 is 15.1 Å². The average molecular weight is 439 g/mol. The molecule has 2 atom stereocenters. The molecule has 0 aromatic carbocycles. The van der Waals surface area contributed by atoms with Crippen LogP contribution in [0.15, 0.2) is 0 Å². The second-order valence-corrected chi connectivity index (χ2v) is 9.07. The highest BCUT2D eigenvalue weighted by Gasteiger charge is 2.79. The van der Waals surface area contributed by atoms with Gasteiger partial charge in [0.25, 0.3) is 0 Å². The van der Waals surface area contributed by atoms with Crippen LogP contribution in [-0.4, -0.2) is 40.4 Å². The Morgan fingerprint density at radius 3 is 2.04 bits per heavy atom. The van der Waals surface area contributed by atoms with Crippen molar-refractivity contribution in [1.29, 1.82) is 0 Å². The van der Waals surface area contributed by atoms with Gasteiger partial charge in [-0.25, -0.2) is 4.79 Å². The lowest BCUT2D eigenvalue weighted by Crippen LogP contribution is -2.62. The lowest BCUT2D eigenvalue weighted by Gasteiger charge is -2.60. The van der Waals surface area contributed by atoms with E-state index in [9.17, 15) is 41.5 Å². The fraction of sp³-hybridized carbons (Fsp3) is 0.933. The summed E-state index contributed by atoms with van der Waals surface area (Å²) in [5, 5.41) is 23.0. The minimum Gasteiger partial charge on any atom is -0.691 e. The minimum absolute atomic E-state index is 0.0894. The Labute approximate surface area is 159 Å². The number of hydrogen-bond acceptors (Lipinski definition) is 7. The van der Waals surface area contributed by atoms with Crippen LogP contribution in [0.5, 0.6) is 0 Å². The zero-order valence-electron chi connectivity index (χ0n) is 14.3. The van der Waals surface area contributed by atoms with Gasteiger partial charge in [-0.15, -0.1) is 0 Å². The lowest BCUT2D eigenvalue weighted by molar-refractivity contribution is -0.777. The molecule has 0 aliphatic heterocycles. The molecule has 28 heavy (non-hydrogen) atoms. The van der Waals surface area contributed by atoms with Gasteiger partial charge in [0, 0.05) is 5.41 Å². The molecule has 6 nitrogen and oxygen atoms in total. The van der Waals surface area contributed by atoms with Crippen molar-refractivity contribution >= 4 is 18.0 Å². The minimum atomic E-state index is -6.18. The highest BCUT2D eigenvalue weighted by molar-refractivity contribution is 7.96. The lowest BCUT2D eigenvalue weighted by atomic mass is 9.48. The fourth-order valence-corrected chi connectivity index (χ4v) is 5.92. The Morgan fingerprint density at radius 2 is 1.61 bits per heavy atom. The summed E-state index contributed by atoms with van der Waals surface area (Å²) in [7, 11) is 0. The van der Waals surface area contributed by atoms with E-state index < -0.39 is 52.7 Å². The van der Waals surface area contributed by atoms with Crippen LogP contribution in [-0.2, 0) is 18.9 Å². The molecule has 0 heterocycles. The van der Waals surface area contributed by atoms with Crippen molar-refractivity contribution in [3.05, 3.63) is 0 Å². The monoisotopic (exact) mass is 439 g/mol. The Hall–Kier alpha value is -0.760. The van der Waals surface area contributed by atoms with Crippen LogP contribution in [0.4, 0.5) is 26.3 Å². The maximum atomic E-state index is 13.3. The Morgan fingerprint density at radius 1 is 1.07 bits per heavy atom. The van der Waals surface area contributed by atoms with Crippen LogP contribution in [0, 0.1) is 17.3 Å². The number of halogens is 6. The molecule has 162 valence electrons. The number of alkyl halides is 6.